The van der Waals surface area contributed by atoms with Crippen LogP contribution in [-0.2, 0) is 4.79 Å². The van der Waals surface area contributed by atoms with E-state index in [2.05, 4.69) is 23.4 Å². The van der Waals surface area contributed by atoms with Crippen LogP contribution in [0.2, 0.25) is 0 Å². The lowest BCUT2D eigenvalue weighted by molar-refractivity contribution is -0.133. The first-order valence-electron chi connectivity index (χ1n) is 5.51. The number of rotatable bonds is 5. The van der Waals surface area contributed by atoms with Gasteiger partial charge in [0.15, 0.2) is 5.16 Å². The second-order valence-electron chi connectivity index (χ2n) is 4.40. The zero-order valence-electron chi connectivity index (χ0n) is 9.51. The zero-order chi connectivity index (χ0) is 11.7. The Bertz CT molecular complexity index is 397. The predicted molar refractivity (Wildman–Crippen MR) is 62.9 cm³/mol. The molecule has 0 atom stereocenters. The first kappa shape index (κ1) is 11.5. The third kappa shape index (κ3) is 2.40. The molecule has 0 unspecified atom stereocenters. The van der Waals surface area contributed by atoms with Crippen molar-refractivity contribution in [1.82, 2.24) is 9.55 Å². The van der Waals surface area contributed by atoms with Crippen LogP contribution in [0.4, 0.5) is 0 Å². The van der Waals surface area contributed by atoms with Gasteiger partial charge in [0.1, 0.15) is 0 Å². The molecular formula is C11H16N2O2S. The number of hydrogen-bond donors (Lipinski definition) is 1. The summed E-state index contributed by atoms with van der Waals surface area (Å²) in [5.74, 6) is -0.268. The summed E-state index contributed by atoms with van der Waals surface area (Å²) in [6.45, 7) is 4.28. The van der Waals surface area contributed by atoms with Gasteiger partial charge in [-0.05, 0) is 18.8 Å². The smallest absolute Gasteiger partial charge is 0.313 e. The van der Waals surface area contributed by atoms with Gasteiger partial charge in [-0.2, -0.15) is 0 Å². The van der Waals surface area contributed by atoms with Crippen molar-refractivity contribution in [3.8, 4) is 0 Å². The minimum atomic E-state index is -0.790. The van der Waals surface area contributed by atoms with Crippen LogP contribution in [0.5, 0.6) is 0 Å². The van der Waals surface area contributed by atoms with Gasteiger partial charge in [0.25, 0.3) is 0 Å². The Labute approximate surface area is 99.1 Å². The Morgan fingerprint density at radius 3 is 2.88 bits per heavy atom. The summed E-state index contributed by atoms with van der Waals surface area (Å²) >= 11 is 1.31. The molecule has 1 heterocycles. The molecule has 0 amide bonds. The lowest BCUT2D eigenvalue weighted by Crippen LogP contribution is -2.05. The van der Waals surface area contributed by atoms with E-state index in [1.54, 1.807) is 0 Å². The number of nitrogens with zero attached hydrogens (tertiary/aromatic N) is 2. The average Bonchev–Trinajstić information content (AvgIpc) is 2.95. The van der Waals surface area contributed by atoms with Crippen molar-refractivity contribution in [2.75, 3.05) is 5.75 Å². The molecule has 1 N–H and O–H groups in total. The Hall–Kier alpha value is -0.970. The van der Waals surface area contributed by atoms with Gasteiger partial charge in [-0.25, -0.2) is 4.98 Å². The minimum absolute atomic E-state index is 0.0846. The van der Waals surface area contributed by atoms with Gasteiger partial charge in [0.05, 0.1) is 5.75 Å². The van der Waals surface area contributed by atoms with Crippen molar-refractivity contribution < 1.29 is 9.90 Å². The van der Waals surface area contributed by atoms with Gasteiger partial charge in [0.2, 0.25) is 0 Å². The molecule has 0 aliphatic heterocycles. The van der Waals surface area contributed by atoms with Crippen LogP contribution in [0.25, 0.3) is 0 Å². The van der Waals surface area contributed by atoms with Crippen LogP contribution < -0.4 is 0 Å². The van der Waals surface area contributed by atoms with E-state index in [0.717, 1.165) is 5.16 Å². The van der Waals surface area contributed by atoms with Gasteiger partial charge >= 0.3 is 5.97 Å². The van der Waals surface area contributed by atoms with Crippen molar-refractivity contribution in [2.24, 2.45) is 0 Å². The van der Waals surface area contributed by atoms with E-state index in [1.807, 2.05) is 6.20 Å². The molecule has 1 fully saturated rings. The van der Waals surface area contributed by atoms with E-state index in [-0.39, 0.29) is 5.75 Å². The van der Waals surface area contributed by atoms with Gasteiger partial charge in [-0.15, -0.1) is 0 Å². The molecule has 0 radical (unpaired) electrons. The third-order valence-electron chi connectivity index (χ3n) is 2.62. The van der Waals surface area contributed by atoms with E-state index in [9.17, 15) is 4.79 Å². The highest BCUT2D eigenvalue weighted by molar-refractivity contribution is 7.99. The fraction of sp³-hybridized carbons (Fsp3) is 0.636. The molecule has 88 valence electrons. The first-order valence-corrected chi connectivity index (χ1v) is 6.50. The standard InChI is InChI=1S/C11H16N2O2S/c1-7(2)9-5-12-11(16-6-10(14)15)13(9)8-3-4-8/h5,7-8H,3-4,6H2,1-2H3,(H,14,15). The first-order chi connectivity index (χ1) is 7.59. The van der Waals surface area contributed by atoms with E-state index >= 15 is 0 Å². The van der Waals surface area contributed by atoms with Gasteiger partial charge in [0, 0.05) is 17.9 Å². The highest BCUT2D eigenvalue weighted by Gasteiger charge is 2.29. The number of thioether (sulfide) groups is 1. The Morgan fingerprint density at radius 1 is 1.69 bits per heavy atom. The number of aliphatic carboxylic acids is 1. The van der Waals surface area contributed by atoms with E-state index in [0.29, 0.717) is 12.0 Å². The average molecular weight is 240 g/mol. The molecule has 0 spiro atoms. The second kappa shape index (κ2) is 4.49. The highest BCUT2D eigenvalue weighted by Crippen LogP contribution is 2.40. The van der Waals surface area contributed by atoms with Crippen LogP contribution in [0, 0.1) is 0 Å². The summed E-state index contributed by atoms with van der Waals surface area (Å²) in [6, 6.07) is 0.552. The number of aromatic nitrogens is 2. The molecule has 1 aliphatic rings. The molecule has 5 heteroatoms. The summed E-state index contributed by atoms with van der Waals surface area (Å²) in [5.41, 5.74) is 1.22. The minimum Gasteiger partial charge on any atom is -0.481 e. The predicted octanol–water partition coefficient (Wildman–Crippen LogP) is 2.52. The highest BCUT2D eigenvalue weighted by atomic mass is 32.2. The van der Waals surface area contributed by atoms with E-state index < -0.39 is 5.97 Å². The summed E-state index contributed by atoms with van der Waals surface area (Å²) in [5, 5.41) is 9.53. The molecule has 1 saturated carbocycles. The molecule has 2 rings (SSSR count). The maximum Gasteiger partial charge on any atom is 0.313 e. The van der Waals surface area contributed by atoms with Gasteiger partial charge in [-0.1, -0.05) is 25.6 Å². The maximum atomic E-state index is 10.6. The monoisotopic (exact) mass is 240 g/mol. The Morgan fingerprint density at radius 2 is 2.38 bits per heavy atom. The molecule has 0 saturated heterocycles. The molecule has 4 nitrogen and oxygen atoms in total. The summed E-state index contributed by atoms with van der Waals surface area (Å²) in [6.07, 6.45) is 4.26. The number of hydrogen-bond acceptors (Lipinski definition) is 3. The number of carboxylic acid groups (broad SMARTS) is 1. The Balaban J connectivity index is 2.20. The molecule has 1 aliphatic carbocycles. The summed E-state index contributed by atoms with van der Waals surface area (Å²) < 4.78 is 2.22. The molecular weight excluding hydrogens is 224 g/mol. The molecule has 0 aromatic carbocycles. The van der Waals surface area contributed by atoms with Gasteiger partial charge in [-0.3, -0.25) is 4.79 Å². The van der Waals surface area contributed by atoms with E-state index in [1.165, 1.54) is 30.3 Å². The lowest BCUT2D eigenvalue weighted by Gasteiger charge is -2.12. The molecule has 1 aromatic rings. The van der Waals surface area contributed by atoms with Crippen molar-refractivity contribution in [3.05, 3.63) is 11.9 Å². The van der Waals surface area contributed by atoms with Crippen molar-refractivity contribution in [3.63, 3.8) is 0 Å². The van der Waals surface area contributed by atoms with Crippen molar-refractivity contribution >= 4 is 17.7 Å². The number of carboxylic acids is 1. The third-order valence-corrected chi connectivity index (χ3v) is 3.57. The SMILES string of the molecule is CC(C)c1cnc(SCC(=O)O)n1C1CC1. The molecule has 16 heavy (non-hydrogen) atoms. The second-order valence-corrected chi connectivity index (χ2v) is 5.35. The van der Waals surface area contributed by atoms with Crippen LogP contribution in [0.3, 0.4) is 0 Å². The number of carbonyl (C=O) groups is 1. The summed E-state index contributed by atoms with van der Waals surface area (Å²) in [4.78, 5) is 14.9. The number of imidazole rings is 1. The maximum absolute atomic E-state index is 10.6. The quantitative estimate of drug-likeness (QED) is 0.803. The van der Waals surface area contributed by atoms with Crippen molar-refractivity contribution in [1.29, 1.82) is 0 Å². The van der Waals surface area contributed by atoms with Crippen LogP contribution in [0.15, 0.2) is 11.4 Å². The lowest BCUT2D eigenvalue weighted by atomic mass is 10.1. The van der Waals surface area contributed by atoms with Crippen LogP contribution >= 0.6 is 11.8 Å². The van der Waals surface area contributed by atoms with Crippen LogP contribution in [0.1, 0.15) is 44.3 Å². The zero-order valence-corrected chi connectivity index (χ0v) is 10.3. The molecule has 0 bridgehead atoms. The summed E-state index contributed by atoms with van der Waals surface area (Å²) in [7, 11) is 0. The van der Waals surface area contributed by atoms with Crippen molar-refractivity contribution in [2.45, 2.75) is 43.8 Å². The van der Waals surface area contributed by atoms with Crippen LogP contribution in [-0.4, -0.2) is 26.4 Å². The topological polar surface area (TPSA) is 55.1 Å². The fourth-order valence-corrected chi connectivity index (χ4v) is 2.49. The fourth-order valence-electron chi connectivity index (χ4n) is 1.72. The molecule has 1 aromatic heterocycles. The Kier molecular flexibility index (Phi) is 3.23. The van der Waals surface area contributed by atoms with E-state index in [4.69, 9.17) is 5.11 Å². The normalized spacial score (nSPS) is 15.7. The largest absolute Gasteiger partial charge is 0.481 e. The van der Waals surface area contributed by atoms with Gasteiger partial charge < -0.3 is 9.67 Å².